The van der Waals surface area contributed by atoms with E-state index < -0.39 is 54.1 Å². The molecular formula is C31H34F3N5O5S. The molecule has 2 saturated heterocycles. The van der Waals surface area contributed by atoms with Crippen LogP contribution in [-0.4, -0.2) is 83.4 Å². The van der Waals surface area contributed by atoms with Gasteiger partial charge in [0.05, 0.1) is 24.6 Å². The highest BCUT2D eigenvalue weighted by Gasteiger charge is 2.63. The molecule has 1 N–H and O–H groups in total. The number of fused-ring (bicyclic) bond motifs is 1. The lowest BCUT2D eigenvalue weighted by Crippen LogP contribution is -2.43. The smallest absolute Gasteiger partial charge is 0.338 e. The van der Waals surface area contributed by atoms with Gasteiger partial charge in [-0.2, -0.15) is 0 Å². The first-order chi connectivity index (χ1) is 21.6. The van der Waals surface area contributed by atoms with Gasteiger partial charge in [-0.05, 0) is 43.9 Å². The molecule has 4 heterocycles. The lowest BCUT2D eigenvalue weighted by molar-refractivity contribution is -0.157. The Morgan fingerprint density at radius 2 is 1.98 bits per heavy atom. The maximum Gasteiger partial charge on any atom is 0.338 e. The first kappa shape index (κ1) is 31.2. The van der Waals surface area contributed by atoms with E-state index in [9.17, 15) is 18.8 Å². The second-order valence-electron chi connectivity index (χ2n) is 11.8. The normalized spacial score (nSPS) is 24.9. The summed E-state index contributed by atoms with van der Waals surface area (Å²) in [4.78, 5) is 50.9. The van der Waals surface area contributed by atoms with E-state index in [2.05, 4.69) is 10.3 Å². The minimum Gasteiger partial charge on any atom is -0.463 e. The van der Waals surface area contributed by atoms with Crippen LogP contribution in [0, 0.1) is 24.6 Å². The van der Waals surface area contributed by atoms with Gasteiger partial charge >= 0.3 is 11.9 Å². The van der Waals surface area contributed by atoms with Gasteiger partial charge in [0.1, 0.15) is 17.8 Å². The number of alkyl halides is 2. The zero-order valence-corrected chi connectivity index (χ0v) is 25.7. The molecule has 3 aliphatic heterocycles. The van der Waals surface area contributed by atoms with Gasteiger partial charge in [-0.15, -0.1) is 11.3 Å². The number of ether oxygens (including phenoxy) is 2. The number of carbonyl (C=O) groups excluding carboxylic acids is 3. The molecule has 4 aliphatic rings. The Bertz CT molecular complexity index is 1540. The number of esters is 2. The third-order valence-electron chi connectivity index (χ3n) is 8.98. The predicted octanol–water partition coefficient (Wildman–Crippen LogP) is 3.97. The molecule has 3 fully saturated rings. The molecule has 2 aromatic rings. The second-order valence-corrected chi connectivity index (χ2v) is 12.6. The number of hydrogen-bond donors (Lipinski definition) is 1. The Hall–Kier alpha value is -3.78. The van der Waals surface area contributed by atoms with Crippen LogP contribution in [0.1, 0.15) is 54.8 Å². The molecule has 14 heteroatoms. The molecule has 1 aromatic heterocycles. The quantitative estimate of drug-likeness (QED) is 0.408. The number of amidine groups is 1. The van der Waals surface area contributed by atoms with E-state index >= 15 is 8.78 Å². The number of thiazole rings is 1. The fourth-order valence-corrected chi connectivity index (χ4v) is 7.32. The van der Waals surface area contributed by atoms with Crippen LogP contribution >= 0.6 is 11.3 Å². The van der Waals surface area contributed by atoms with Crippen molar-refractivity contribution in [2.75, 3.05) is 33.0 Å². The Morgan fingerprint density at radius 3 is 2.69 bits per heavy atom. The molecule has 0 radical (unpaired) electrons. The first-order valence-corrected chi connectivity index (χ1v) is 15.9. The molecule has 1 amide bonds. The average Bonchev–Trinajstić information content (AvgIpc) is 3.81. The molecular weight excluding hydrogens is 611 g/mol. The molecule has 0 bridgehead atoms. The fraction of sp³-hybridized carbons (Fsp3) is 0.516. The highest BCUT2D eigenvalue weighted by molar-refractivity contribution is 7.11. The van der Waals surface area contributed by atoms with E-state index in [1.54, 1.807) is 31.5 Å². The molecule has 1 aliphatic carbocycles. The van der Waals surface area contributed by atoms with Gasteiger partial charge in [0.2, 0.25) is 5.91 Å². The van der Waals surface area contributed by atoms with Gasteiger partial charge in [0.15, 0.2) is 17.6 Å². The van der Waals surface area contributed by atoms with Crippen LogP contribution in [0.15, 0.2) is 46.0 Å². The molecule has 2 unspecified atom stereocenters. The zero-order valence-electron chi connectivity index (χ0n) is 24.9. The van der Waals surface area contributed by atoms with Crippen LogP contribution in [-0.2, 0) is 23.9 Å². The van der Waals surface area contributed by atoms with Gasteiger partial charge < -0.3 is 19.7 Å². The Kier molecular flexibility index (Phi) is 8.70. The van der Waals surface area contributed by atoms with E-state index in [0.717, 1.165) is 25.7 Å². The summed E-state index contributed by atoms with van der Waals surface area (Å²) < 4.78 is 56.5. The summed E-state index contributed by atoms with van der Waals surface area (Å²) in [5.41, 5.74) is 1.01. The summed E-state index contributed by atoms with van der Waals surface area (Å²) in [5, 5.41) is 5.37. The summed E-state index contributed by atoms with van der Waals surface area (Å²) in [5.74, 6) is -7.32. The average molecular weight is 646 g/mol. The molecule has 45 heavy (non-hydrogen) atoms. The molecule has 1 saturated carbocycles. The van der Waals surface area contributed by atoms with Crippen LogP contribution < -0.4 is 5.32 Å². The largest absolute Gasteiger partial charge is 0.463 e. The summed E-state index contributed by atoms with van der Waals surface area (Å²) in [6.45, 7) is 1.91. The van der Waals surface area contributed by atoms with E-state index in [4.69, 9.17) is 14.5 Å². The number of hydrogen-bond acceptors (Lipinski definition) is 10. The summed E-state index contributed by atoms with van der Waals surface area (Å²) in [6, 6.07) is 2.57. The molecule has 6 rings (SSSR count). The van der Waals surface area contributed by atoms with Crippen molar-refractivity contribution in [2.45, 2.75) is 57.5 Å². The Balaban J connectivity index is 1.32. The van der Waals surface area contributed by atoms with Crippen molar-refractivity contribution in [1.82, 2.24) is 20.1 Å². The second kappa shape index (κ2) is 12.5. The van der Waals surface area contributed by atoms with Crippen molar-refractivity contribution in [3.8, 4) is 0 Å². The monoisotopic (exact) mass is 645 g/mol. The van der Waals surface area contributed by atoms with Crippen molar-refractivity contribution < 1.29 is 37.0 Å². The standard InChI is InChI=1S/C31H34F3N5O5S/c1-3-43-30(42)23-21(36-26(27-35-11-12-45-27)37-25(23)19-9-6-10-20(32)17(19)2)13-38-15-31(33,34)24-22(38)14-39(28(24)40)16-44-29(41)18-7-4-5-8-18/h6,9-12,18,22,24-25H,3-5,7-8,13-16H2,1-2H3,(H,36,37)/t22?,24?,25-/m0/s1. The van der Waals surface area contributed by atoms with Crippen molar-refractivity contribution >= 4 is 35.0 Å². The number of aliphatic imine (C=N–C) groups is 1. The number of carbonyl (C=O) groups is 3. The van der Waals surface area contributed by atoms with E-state index in [0.29, 0.717) is 16.4 Å². The molecule has 10 nitrogen and oxygen atoms in total. The Morgan fingerprint density at radius 1 is 1.20 bits per heavy atom. The minimum atomic E-state index is -3.37. The van der Waals surface area contributed by atoms with Crippen LogP contribution in [0.4, 0.5) is 13.2 Å². The van der Waals surface area contributed by atoms with E-state index in [1.807, 2.05) is 0 Å². The van der Waals surface area contributed by atoms with Crippen molar-refractivity contribution in [2.24, 2.45) is 16.8 Å². The summed E-state index contributed by atoms with van der Waals surface area (Å²) in [7, 11) is 0. The van der Waals surface area contributed by atoms with Crippen LogP contribution in [0.2, 0.25) is 0 Å². The molecule has 0 spiro atoms. The highest BCUT2D eigenvalue weighted by atomic mass is 32.1. The number of likely N-dealkylation sites (tertiary alicyclic amines) is 2. The Labute approximate surface area is 262 Å². The zero-order chi connectivity index (χ0) is 31.9. The van der Waals surface area contributed by atoms with Crippen molar-refractivity contribution in [3.63, 3.8) is 0 Å². The fourth-order valence-electron chi connectivity index (χ4n) is 6.73. The van der Waals surface area contributed by atoms with Crippen LogP contribution in [0.3, 0.4) is 0 Å². The third kappa shape index (κ3) is 5.97. The molecule has 3 atom stereocenters. The number of nitrogens with zero attached hydrogens (tertiary/aromatic N) is 4. The number of benzene rings is 1. The number of aromatic nitrogens is 1. The van der Waals surface area contributed by atoms with Crippen LogP contribution in [0.5, 0.6) is 0 Å². The minimum absolute atomic E-state index is 0.0447. The first-order valence-electron chi connectivity index (χ1n) is 15.1. The molecule has 240 valence electrons. The number of amides is 1. The molecule has 1 aromatic carbocycles. The topological polar surface area (TPSA) is 113 Å². The number of halogens is 3. The highest BCUT2D eigenvalue weighted by Crippen LogP contribution is 2.44. The van der Waals surface area contributed by atoms with E-state index in [-0.39, 0.29) is 49.2 Å². The van der Waals surface area contributed by atoms with Gasteiger partial charge in [0, 0.05) is 36.4 Å². The van der Waals surface area contributed by atoms with Gasteiger partial charge in [-0.3, -0.25) is 19.5 Å². The van der Waals surface area contributed by atoms with E-state index in [1.165, 1.54) is 33.3 Å². The summed E-state index contributed by atoms with van der Waals surface area (Å²) >= 11 is 1.29. The van der Waals surface area contributed by atoms with Gasteiger partial charge in [0.25, 0.3) is 5.92 Å². The lowest BCUT2D eigenvalue weighted by atomic mass is 9.92. The third-order valence-corrected chi connectivity index (χ3v) is 9.76. The van der Waals surface area contributed by atoms with Crippen molar-refractivity contribution in [3.05, 3.63) is 63.0 Å². The number of rotatable bonds is 9. The van der Waals surface area contributed by atoms with Gasteiger partial charge in [-0.25, -0.2) is 22.9 Å². The predicted molar refractivity (Wildman–Crippen MR) is 158 cm³/mol. The lowest BCUT2D eigenvalue weighted by Gasteiger charge is -2.31. The van der Waals surface area contributed by atoms with Gasteiger partial charge in [-0.1, -0.05) is 25.0 Å². The summed E-state index contributed by atoms with van der Waals surface area (Å²) in [6.07, 6.45) is 4.88. The maximum atomic E-state index is 15.5. The van der Waals surface area contributed by atoms with Crippen LogP contribution in [0.25, 0.3) is 0 Å². The SMILES string of the molecule is CCOC(=O)C1=C(CN2CC(F)(F)C3C(=O)N(COC(=O)C4CCCC4)CC32)NC(c2nccs2)=N[C@H]1c1cccc(F)c1C. The number of nitrogens with one attached hydrogen (secondary N) is 1. The maximum absolute atomic E-state index is 15.5. The van der Waals surface area contributed by atoms with Crippen molar-refractivity contribution in [1.29, 1.82) is 0 Å².